The summed E-state index contributed by atoms with van der Waals surface area (Å²) in [6.45, 7) is 2.40. The van der Waals surface area contributed by atoms with Crippen LogP contribution in [0.25, 0.3) is 0 Å². The largest absolute Gasteiger partial charge is 0.398 e. The molecule has 8 heteroatoms. The number of nitrogen functional groups attached to an aromatic ring is 1. The fraction of sp³-hybridized carbons (Fsp3) is 0.350. The Morgan fingerprint density at radius 2 is 1.75 bits per heavy atom. The van der Waals surface area contributed by atoms with Crippen molar-refractivity contribution < 1.29 is 13.2 Å². The van der Waals surface area contributed by atoms with Gasteiger partial charge in [-0.2, -0.15) is 4.31 Å². The highest BCUT2D eigenvalue weighted by Crippen LogP contribution is 2.33. The number of halogens is 1. The number of sulfonamides is 1. The van der Waals surface area contributed by atoms with Gasteiger partial charge < -0.3 is 15.4 Å². The average Bonchev–Trinajstić information content (AvgIpc) is 2.67. The lowest BCUT2D eigenvalue weighted by Crippen LogP contribution is -2.46. The van der Waals surface area contributed by atoms with E-state index in [-0.39, 0.29) is 17.2 Å². The van der Waals surface area contributed by atoms with Crippen LogP contribution < -0.4 is 5.73 Å². The Labute approximate surface area is 170 Å². The normalized spacial score (nSPS) is 17.4. The van der Waals surface area contributed by atoms with Gasteiger partial charge in [0.25, 0.3) is 0 Å². The molecule has 2 aromatic rings. The minimum atomic E-state index is -3.52. The molecular weight excluding hydrogens is 398 g/mol. The predicted molar refractivity (Wildman–Crippen MR) is 111 cm³/mol. The van der Waals surface area contributed by atoms with E-state index < -0.39 is 10.0 Å². The first-order chi connectivity index (χ1) is 13.3. The first-order valence-corrected chi connectivity index (χ1v) is 10.9. The molecular formula is C20H24ClN3O3S. The number of anilines is 1. The molecule has 1 unspecified atom stereocenters. The maximum absolute atomic E-state index is 12.9. The zero-order valence-electron chi connectivity index (χ0n) is 15.7. The van der Waals surface area contributed by atoms with Crippen LogP contribution in [0.2, 0.25) is 5.02 Å². The van der Waals surface area contributed by atoms with Gasteiger partial charge in [-0.05, 0) is 42.4 Å². The molecule has 0 amide bonds. The van der Waals surface area contributed by atoms with Crippen molar-refractivity contribution in [3.8, 4) is 0 Å². The van der Waals surface area contributed by atoms with Crippen molar-refractivity contribution in [1.82, 2.24) is 9.21 Å². The van der Waals surface area contributed by atoms with Crippen LogP contribution in [-0.2, 0) is 14.8 Å². The molecule has 2 N–H and O–H groups in total. The van der Waals surface area contributed by atoms with E-state index in [1.165, 1.54) is 4.31 Å². The molecule has 1 saturated heterocycles. The topological polar surface area (TPSA) is 83.7 Å². The Morgan fingerprint density at radius 1 is 1.11 bits per heavy atom. The minimum Gasteiger partial charge on any atom is -0.398 e. The molecule has 0 saturated carbocycles. The van der Waals surface area contributed by atoms with Gasteiger partial charge in [-0.25, -0.2) is 8.42 Å². The Bertz CT molecular complexity index is 940. The zero-order valence-corrected chi connectivity index (χ0v) is 17.3. The van der Waals surface area contributed by atoms with Crippen molar-refractivity contribution in [2.45, 2.75) is 17.2 Å². The summed E-state index contributed by atoms with van der Waals surface area (Å²) in [6, 6.07) is 11.9. The van der Waals surface area contributed by atoms with Gasteiger partial charge in [0.2, 0.25) is 10.0 Å². The highest BCUT2D eigenvalue weighted by Gasteiger charge is 2.27. The molecule has 1 atom stereocenters. The average molecular weight is 422 g/mol. The Morgan fingerprint density at radius 3 is 2.32 bits per heavy atom. The summed E-state index contributed by atoms with van der Waals surface area (Å²) in [6.07, 6.45) is 1.09. The number of carbonyl (C=O) groups excluding carboxylic acids is 1. The third-order valence-corrected chi connectivity index (χ3v) is 7.29. The van der Waals surface area contributed by atoms with Crippen molar-refractivity contribution in [3.05, 3.63) is 58.6 Å². The minimum absolute atomic E-state index is 0.246. The van der Waals surface area contributed by atoms with Crippen molar-refractivity contribution >= 4 is 33.6 Å². The molecule has 1 fully saturated rings. The molecule has 0 radical (unpaired) electrons. The summed E-state index contributed by atoms with van der Waals surface area (Å²) in [5.41, 5.74) is 8.23. The van der Waals surface area contributed by atoms with E-state index in [0.29, 0.717) is 36.9 Å². The van der Waals surface area contributed by atoms with E-state index in [9.17, 15) is 13.2 Å². The molecule has 0 spiro atoms. The van der Waals surface area contributed by atoms with Crippen molar-refractivity contribution in [2.75, 3.05) is 39.0 Å². The molecule has 1 heterocycles. The van der Waals surface area contributed by atoms with Gasteiger partial charge in [0, 0.05) is 49.2 Å². The molecule has 0 aromatic heterocycles. The smallest absolute Gasteiger partial charge is 0.243 e. The first kappa shape index (κ1) is 20.8. The number of rotatable bonds is 6. The number of likely N-dealkylation sites (N-methyl/N-ethyl adjacent to an activating group) is 1. The van der Waals surface area contributed by atoms with Crippen LogP contribution in [0.15, 0.2) is 47.4 Å². The number of benzene rings is 2. The first-order valence-electron chi connectivity index (χ1n) is 9.10. The summed E-state index contributed by atoms with van der Waals surface area (Å²) in [4.78, 5) is 13.6. The van der Waals surface area contributed by atoms with E-state index in [4.69, 9.17) is 17.3 Å². The number of hydrogen-bond acceptors (Lipinski definition) is 5. The molecule has 2 aromatic carbocycles. The van der Waals surface area contributed by atoms with E-state index in [2.05, 4.69) is 4.90 Å². The lowest BCUT2D eigenvalue weighted by atomic mass is 9.88. The second-order valence-electron chi connectivity index (χ2n) is 7.00. The lowest BCUT2D eigenvalue weighted by molar-refractivity contribution is -0.108. The number of piperazine rings is 1. The summed E-state index contributed by atoms with van der Waals surface area (Å²) >= 11 is 5.97. The fourth-order valence-electron chi connectivity index (χ4n) is 3.45. The maximum Gasteiger partial charge on any atom is 0.243 e. The second-order valence-corrected chi connectivity index (χ2v) is 9.38. The summed E-state index contributed by atoms with van der Waals surface area (Å²) in [7, 11) is -1.54. The number of hydrogen-bond donors (Lipinski definition) is 1. The molecule has 1 aliphatic heterocycles. The SMILES string of the molecule is CN1CCN(S(=O)(=O)c2ccc(C(CC=O)c3ccc(Cl)cc3N)cc2)CC1. The summed E-state index contributed by atoms with van der Waals surface area (Å²) < 4.78 is 27.3. The molecule has 150 valence electrons. The zero-order chi connectivity index (χ0) is 20.3. The van der Waals surface area contributed by atoms with Gasteiger partial charge in [-0.15, -0.1) is 0 Å². The lowest BCUT2D eigenvalue weighted by Gasteiger charge is -2.31. The van der Waals surface area contributed by atoms with E-state index in [0.717, 1.165) is 17.4 Å². The van der Waals surface area contributed by atoms with Crippen molar-refractivity contribution in [3.63, 3.8) is 0 Å². The van der Waals surface area contributed by atoms with Gasteiger partial charge in [-0.3, -0.25) is 0 Å². The molecule has 0 bridgehead atoms. The van der Waals surface area contributed by atoms with Crippen LogP contribution in [0, 0.1) is 0 Å². The Balaban J connectivity index is 1.88. The summed E-state index contributed by atoms with van der Waals surface area (Å²) in [5.74, 6) is -0.254. The molecule has 6 nitrogen and oxygen atoms in total. The van der Waals surface area contributed by atoms with Gasteiger partial charge in [-0.1, -0.05) is 29.8 Å². The van der Waals surface area contributed by atoms with Crippen LogP contribution in [0.3, 0.4) is 0 Å². The Hall–Kier alpha value is -1.93. The van der Waals surface area contributed by atoms with Gasteiger partial charge in [0.15, 0.2) is 0 Å². The molecule has 3 rings (SSSR count). The fourth-order valence-corrected chi connectivity index (χ4v) is 5.05. The second kappa shape index (κ2) is 8.61. The van der Waals surface area contributed by atoms with Gasteiger partial charge in [0.05, 0.1) is 4.90 Å². The maximum atomic E-state index is 12.9. The van der Waals surface area contributed by atoms with Crippen LogP contribution in [0.1, 0.15) is 23.5 Å². The van der Waals surface area contributed by atoms with E-state index >= 15 is 0 Å². The standard InChI is InChI=1S/C20H24ClN3O3S/c1-23-9-11-24(12-10-23)28(26,27)17-5-2-15(3-6-17)18(8-13-25)19-7-4-16(21)14-20(19)22/h2-7,13-14,18H,8-12,22H2,1H3. The molecule has 28 heavy (non-hydrogen) atoms. The van der Waals surface area contributed by atoms with Crippen molar-refractivity contribution in [1.29, 1.82) is 0 Å². The van der Waals surface area contributed by atoms with E-state index in [1.807, 2.05) is 7.05 Å². The molecule has 1 aliphatic rings. The number of nitrogens with two attached hydrogens (primary N) is 1. The number of nitrogens with zero attached hydrogens (tertiary/aromatic N) is 2. The van der Waals surface area contributed by atoms with Gasteiger partial charge >= 0.3 is 0 Å². The van der Waals surface area contributed by atoms with Crippen LogP contribution in [0.4, 0.5) is 5.69 Å². The van der Waals surface area contributed by atoms with Crippen molar-refractivity contribution in [2.24, 2.45) is 0 Å². The Kier molecular flexibility index (Phi) is 6.40. The van der Waals surface area contributed by atoms with Crippen LogP contribution in [-0.4, -0.2) is 57.1 Å². The third kappa shape index (κ3) is 4.38. The number of carbonyl (C=O) groups is 1. The van der Waals surface area contributed by atoms with E-state index in [1.54, 1.807) is 42.5 Å². The monoisotopic (exact) mass is 421 g/mol. The van der Waals surface area contributed by atoms with Crippen LogP contribution >= 0.6 is 11.6 Å². The molecule has 0 aliphatic carbocycles. The van der Waals surface area contributed by atoms with Gasteiger partial charge in [0.1, 0.15) is 6.29 Å². The number of aldehydes is 1. The summed E-state index contributed by atoms with van der Waals surface area (Å²) in [5, 5.41) is 0.528. The predicted octanol–water partition coefficient (Wildman–Crippen LogP) is 2.58. The highest BCUT2D eigenvalue weighted by molar-refractivity contribution is 7.89. The third-order valence-electron chi connectivity index (χ3n) is 5.14. The van der Waals surface area contributed by atoms with Crippen LogP contribution in [0.5, 0.6) is 0 Å². The highest BCUT2D eigenvalue weighted by atomic mass is 35.5. The quantitative estimate of drug-likeness (QED) is 0.572.